The third-order valence-electron chi connectivity index (χ3n) is 6.33. The average molecular weight is 497 g/mol. The van der Waals surface area contributed by atoms with Gasteiger partial charge in [0.25, 0.3) is 0 Å². The van der Waals surface area contributed by atoms with Crippen molar-refractivity contribution in [3.63, 3.8) is 0 Å². The Morgan fingerprint density at radius 3 is 1.21 bits per heavy atom. The summed E-state index contributed by atoms with van der Waals surface area (Å²) in [7, 11) is -4.33. The topological polar surface area (TPSA) is 125 Å². The molecule has 0 fully saturated rings. The van der Waals surface area contributed by atoms with Crippen molar-refractivity contribution in [3.8, 4) is 0 Å². The van der Waals surface area contributed by atoms with Gasteiger partial charge in [0.1, 0.15) is 0 Å². The molecule has 0 saturated carbocycles. The van der Waals surface area contributed by atoms with Crippen molar-refractivity contribution in [2.24, 2.45) is 5.73 Å². The van der Waals surface area contributed by atoms with Crippen LogP contribution in [0.5, 0.6) is 0 Å². The predicted molar refractivity (Wildman–Crippen MR) is 144 cm³/mol. The fraction of sp³-hybridized carbons (Fsp3) is 1.00. The largest absolute Gasteiger partial charge is 0.397 e. The Balaban J connectivity index is -0.000000566. The molecule has 0 aromatic rings. The van der Waals surface area contributed by atoms with Gasteiger partial charge in [0.2, 0.25) is 0 Å². The van der Waals surface area contributed by atoms with Crippen molar-refractivity contribution in [1.29, 1.82) is 0 Å². The SMILES string of the molecule is CCCC(CC)(CC)OS(=O)(=O)O.CCCCCCCCCCCCCCCCCCN.N. The molecule has 6 N–H and O–H groups in total. The van der Waals surface area contributed by atoms with Crippen molar-refractivity contribution >= 4 is 10.4 Å². The Morgan fingerprint density at radius 1 is 0.636 bits per heavy atom. The number of unbranched alkanes of at least 4 members (excludes halogenated alkanes) is 15. The normalized spacial score (nSPS) is 11.6. The summed E-state index contributed by atoms with van der Waals surface area (Å²) in [6.07, 6.45) is 25.5. The van der Waals surface area contributed by atoms with Crippen LogP contribution >= 0.6 is 0 Å². The second-order valence-electron chi connectivity index (χ2n) is 9.24. The van der Waals surface area contributed by atoms with Gasteiger partial charge in [-0.1, -0.05) is 130 Å². The molecule has 0 aliphatic carbocycles. The minimum absolute atomic E-state index is 0. The molecule has 0 unspecified atom stereocenters. The molecule has 0 atom stereocenters. The summed E-state index contributed by atoms with van der Waals surface area (Å²) >= 11 is 0. The Kier molecular flexibility index (Phi) is 29.9. The summed E-state index contributed by atoms with van der Waals surface area (Å²) in [5.74, 6) is 0. The second-order valence-corrected chi connectivity index (χ2v) is 10.3. The first-order valence-corrected chi connectivity index (χ1v) is 15.0. The lowest BCUT2D eigenvalue weighted by molar-refractivity contribution is 0.0447. The molecule has 0 radical (unpaired) electrons. The van der Waals surface area contributed by atoms with Crippen LogP contribution in [0.15, 0.2) is 0 Å². The highest BCUT2D eigenvalue weighted by molar-refractivity contribution is 7.80. The van der Waals surface area contributed by atoms with Crippen molar-refractivity contribution < 1.29 is 17.2 Å². The van der Waals surface area contributed by atoms with Crippen LogP contribution in [0.3, 0.4) is 0 Å². The van der Waals surface area contributed by atoms with E-state index < -0.39 is 16.0 Å². The highest BCUT2D eigenvalue weighted by Gasteiger charge is 2.31. The van der Waals surface area contributed by atoms with Crippen molar-refractivity contribution in [2.75, 3.05) is 6.54 Å². The van der Waals surface area contributed by atoms with Gasteiger partial charge in [-0.25, -0.2) is 4.18 Å². The van der Waals surface area contributed by atoms with E-state index in [1.165, 1.54) is 103 Å². The second kappa shape index (κ2) is 26.4. The van der Waals surface area contributed by atoms with Gasteiger partial charge in [-0.05, 0) is 32.2 Å². The van der Waals surface area contributed by atoms with Crippen LogP contribution in [0.2, 0.25) is 0 Å². The summed E-state index contributed by atoms with van der Waals surface area (Å²) in [4.78, 5) is 0. The fourth-order valence-corrected chi connectivity index (χ4v) is 4.90. The Labute approximate surface area is 207 Å². The van der Waals surface area contributed by atoms with E-state index in [4.69, 9.17) is 14.5 Å². The van der Waals surface area contributed by atoms with Crippen LogP contribution in [-0.2, 0) is 14.6 Å². The van der Waals surface area contributed by atoms with Crippen LogP contribution < -0.4 is 11.9 Å². The fourth-order valence-electron chi connectivity index (χ4n) is 4.13. The molecule has 0 bridgehead atoms. The van der Waals surface area contributed by atoms with Crippen LogP contribution in [0.1, 0.15) is 156 Å². The highest BCUT2D eigenvalue weighted by atomic mass is 32.3. The first-order chi connectivity index (χ1) is 15.3. The molecule has 0 aliphatic heterocycles. The summed E-state index contributed by atoms with van der Waals surface area (Å²) in [5, 5.41) is 0. The van der Waals surface area contributed by atoms with E-state index in [0.29, 0.717) is 19.3 Å². The Morgan fingerprint density at radius 2 is 0.970 bits per heavy atom. The maximum Gasteiger partial charge on any atom is 0.397 e. The Hall–Kier alpha value is -0.210. The zero-order chi connectivity index (χ0) is 24.6. The zero-order valence-electron chi connectivity index (χ0n) is 22.7. The first-order valence-electron chi connectivity index (χ1n) is 13.7. The molecule has 0 aromatic carbocycles. The number of nitrogens with two attached hydrogens (primary N) is 1. The lowest BCUT2D eigenvalue weighted by atomic mass is 9.92. The monoisotopic (exact) mass is 496 g/mol. The van der Waals surface area contributed by atoms with E-state index in [-0.39, 0.29) is 6.15 Å². The van der Waals surface area contributed by atoms with E-state index >= 15 is 0 Å². The van der Waals surface area contributed by atoms with Gasteiger partial charge < -0.3 is 11.9 Å². The molecule has 33 heavy (non-hydrogen) atoms. The lowest BCUT2D eigenvalue weighted by Crippen LogP contribution is -2.33. The minimum atomic E-state index is -4.33. The minimum Gasteiger partial charge on any atom is -0.344 e. The molecule has 0 aromatic heterocycles. The molecule has 0 spiro atoms. The number of hydrogen-bond acceptors (Lipinski definition) is 5. The summed E-state index contributed by atoms with van der Waals surface area (Å²) in [5.41, 5.74) is 4.76. The molecule has 204 valence electrons. The third-order valence-corrected chi connectivity index (χ3v) is 6.90. The van der Waals surface area contributed by atoms with Crippen LogP contribution in [-0.4, -0.2) is 25.1 Å². The average Bonchev–Trinajstić information content (AvgIpc) is 2.75. The van der Waals surface area contributed by atoms with Gasteiger partial charge in [0, 0.05) is 0 Å². The maximum absolute atomic E-state index is 10.6. The first kappa shape index (κ1) is 37.3. The summed E-state index contributed by atoms with van der Waals surface area (Å²) in [6.45, 7) is 8.82. The molecule has 0 amide bonds. The number of hydrogen-bond donors (Lipinski definition) is 3. The van der Waals surface area contributed by atoms with Gasteiger partial charge in [-0.3, -0.25) is 4.55 Å². The van der Waals surface area contributed by atoms with Crippen molar-refractivity contribution in [3.05, 3.63) is 0 Å². The van der Waals surface area contributed by atoms with E-state index in [0.717, 1.165) is 13.0 Å². The molecular formula is C26H60N2O4S. The Bertz CT molecular complexity index is 453. The van der Waals surface area contributed by atoms with Crippen LogP contribution in [0.25, 0.3) is 0 Å². The van der Waals surface area contributed by atoms with E-state index in [1.54, 1.807) is 0 Å². The standard InChI is InChI=1S/C18H39N.C8H18O4S.H3N/c1-2-3-4-5-6-7-8-9-10-11-12-13-14-15-16-17-18-19;1-4-7-8(5-2,6-3)12-13(9,10)11;/h2-19H2,1H3;4-7H2,1-3H3,(H,9,10,11);1H3. The summed E-state index contributed by atoms with van der Waals surface area (Å²) < 4.78 is 34.4. The van der Waals surface area contributed by atoms with Gasteiger partial charge in [-0.2, -0.15) is 8.42 Å². The molecule has 0 rings (SSSR count). The summed E-state index contributed by atoms with van der Waals surface area (Å²) in [6, 6.07) is 0. The lowest BCUT2D eigenvalue weighted by Gasteiger charge is -2.28. The molecule has 7 heteroatoms. The maximum atomic E-state index is 10.6. The van der Waals surface area contributed by atoms with Gasteiger partial charge in [-0.15, -0.1) is 0 Å². The van der Waals surface area contributed by atoms with Gasteiger partial charge >= 0.3 is 10.4 Å². The highest BCUT2D eigenvalue weighted by Crippen LogP contribution is 2.27. The molecule has 6 nitrogen and oxygen atoms in total. The smallest absolute Gasteiger partial charge is 0.344 e. The molecule has 0 heterocycles. The van der Waals surface area contributed by atoms with Gasteiger partial charge in [0.05, 0.1) is 5.60 Å². The zero-order valence-corrected chi connectivity index (χ0v) is 23.5. The van der Waals surface area contributed by atoms with E-state index in [2.05, 4.69) is 6.92 Å². The third kappa shape index (κ3) is 27.9. The van der Waals surface area contributed by atoms with Crippen molar-refractivity contribution in [1.82, 2.24) is 6.15 Å². The van der Waals surface area contributed by atoms with E-state index in [1.807, 2.05) is 20.8 Å². The van der Waals surface area contributed by atoms with Gasteiger partial charge in [0.15, 0.2) is 0 Å². The molecule has 0 saturated heterocycles. The van der Waals surface area contributed by atoms with Crippen LogP contribution in [0.4, 0.5) is 0 Å². The number of rotatable bonds is 22. The molecule has 0 aliphatic rings. The predicted octanol–water partition coefficient (Wildman–Crippen LogP) is 8.53. The van der Waals surface area contributed by atoms with Crippen molar-refractivity contribution in [2.45, 2.75) is 162 Å². The molecular weight excluding hydrogens is 436 g/mol. The van der Waals surface area contributed by atoms with Crippen LogP contribution in [0, 0.1) is 0 Å². The quantitative estimate of drug-likeness (QED) is 0.102. The van der Waals surface area contributed by atoms with E-state index in [9.17, 15) is 8.42 Å².